The van der Waals surface area contributed by atoms with Gasteiger partial charge in [0.1, 0.15) is 0 Å². The first kappa shape index (κ1) is 12.9. The van der Waals surface area contributed by atoms with Crippen LogP contribution < -0.4 is 5.32 Å². The average molecular weight is 238 g/mol. The normalized spacial score (nSPS) is 31.7. The molecular formula is C14H26N2O. The van der Waals surface area contributed by atoms with Gasteiger partial charge in [0.15, 0.2) is 0 Å². The van der Waals surface area contributed by atoms with Crippen molar-refractivity contribution in [2.75, 3.05) is 7.05 Å². The Hall–Kier alpha value is -0.570. The highest BCUT2D eigenvalue weighted by Gasteiger charge is 2.53. The summed E-state index contributed by atoms with van der Waals surface area (Å²) in [7, 11) is 2.05. The molecule has 0 radical (unpaired) electrons. The van der Waals surface area contributed by atoms with Crippen molar-refractivity contribution >= 4 is 5.91 Å². The van der Waals surface area contributed by atoms with Gasteiger partial charge < -0.3 is 10.2 Å². The Labute approximate surface area is 105 Å². The molecule has 1 aliphatic carbocycles. The summed E-state index contributed by atoms with van der Waals surface area (Å²) in [6.07, 6.45) is 6.04. The van der Waals surface area contributed by atoms with E-state index in [0.29, 0.717) is 18.0 Å². The van der Waals surface area contributed by atoms with Crippen LogP contribution in [-0.4, -0.2) is 35.5 Å². The number of nitrogens with zero attached hydrogens (tertiary/aromatic N) is 1. The molecule has 2 rings (SSSR count). The topological polar surface area (TPSA) is 32.3 Å². The second kappa shape index (κ2) is 4.60. The van der Waals surface area contributed by atoms with Crippen molar-refractivity contribution < 1.29 is 4.79 Å². The molecule has 3 heteroatoms. The summed E-state index contributed by atoms with van der Waals surface area (Å²) in [6, 6.07) is 0.834. The molecule has 17 heavy (non-hydrogen) atoms. The van der Waals surface area contributed by atoms with E-state index in [4.69, 9.17) is 0 Å². The Morgan fingerprint density at radius 2 is 2.00 bits per heavy atom. The van der Waals surface area contributed by atoms with Gasteiger partial charge in [0, 0.05) is 17.5 Å². The summed E-state index contributed by atoms with van der Waals surface area (Å²) in [5.74, 6) is 0.453. The number of likely N-dealkylation sites (tertiary alicyclic amines) is 1. The van der Waals surface area contributed by atoms with Crippen LogP contribution >= 0.6 is 0 Å². The van der Waals surface area contributed by atoms with Crippen molar-refractivity contribution in [1.29, 1.82) is 0 Å². The van der Waals surface area contributed by atoms with E-state index in [1.165, 1.54) is 25.7 Å². The van der Waals surface area contributed by atoms with E-state index in [-0.39, 0.29) is 11.5 Å². The van der Waals surface area contributed by atoms with Gasteiger partial charge in [-0.15, -0.1) is 0 Å². The molecule has 2 aliphatic rings. The van der Waals surface area contributed by atoms with Crippen LogP contribution in [0, 0.1) is 5.92 Å². The summed E-state index contributed by atoms with van der Waals surface area (Å²) >= 11 is 0. The summed E-state index contributed by atoms with van der Waals surface area (Å²) in [5, 5.41) is 3.47. The molecule has 0 aromatic carbocycles. The van der Waals surface area contributed by atoms with Crippen molar-refractivity contribution in [2.24, 2.45) is 5.92 Å². The monoisotopic (exact) mass is 238 g/mol. The van der Waals surface area contributed by atoms with E-state index < -0.39 is 0 Å². The van der Waals surface area contributed by atoms with E-state index in [1.807, 2.05) is 20.9 Å². The molecule has 2 unspecified atom stereocenters. The zero-order valence-electron chi connectivity index (χ0n) is 11.6. The standard InChI is InChI=1S/C14H26N2O/c1-10(2)13(17)16-11(3)6-5-7-12(16)14(15-4)8-9-14/h10-12,15H,5-9H2,1-4H3. The molecule has 1 aliphatic heterocycles. The van der Waals surface area contributed by atoms with Crippen molar-refractivity contribution in [2.45, 2.75) is 70.5 Å². The maximum absolute atomic E-state index is 12.4. The van der Waals surface area contributed by atoms with Crippen LogP contribution in [0.4, 0.5) is 0 Å². The zero-order valence-corrected chi connectivity index (χ0v) is 11.6. The number of nitrogens with one attached hydrogen (secondary N) is 1. The molecule has 0 aromatic rings. The van der Waals surface area contributed by atoms with Crippen LogP contribution in [0.3, 0.4) is 0 Å². The van der Waals surface area contributed by atoms with Crippen LogP contribution in [0.25, 0.3) is 0 Å². The first-order valence-corrected chi connectivity index (χ1v) is 7.03. The SMILES string of the molecule is CNC1(C2CCCC(C)N2C(=O)C(C)C)CC1. The summed E-state index contributed by atoms with van der Waals surface area (Å²) < 4.78 is 0. The summed E-state index contributed by atoms with van der Waals surface area (Å²) in [4.78, 5) is 14.6. The second-order valence-corrected chi connectivity index (χ2v) is 6.10. The largest absolute Gasteiger partial charge is 0.335 e. The molecule has 2 atom stereocenters. The first-order chi connectivity index (χ1) is 8.02. The van der Waals surface area contributed by atoms with Gasteiger partial charge in [0.05, 0.1) is 6.04 Å². The van der Waals surface area contributed by atoms with E-state index >= 15 is 0 Å². The van der Waals surface area contributed by atoms with Crippen molar-refractivity contribution in [3.8, 4) is 0 Å². The fourth-order valence-electron chi connectivity index (χ4n) is 3.29. The maximum atomic E-state index is 12.4. The van der Waals surface area contributed by atoms with Gasteiger partial charge in [-0.25, -0.2) is 0 Å². The molecule has 1 saturated carbocycles. The Balaban J connectivity index is 2.19. The Kier molecular flexibility index (Phi) is 3.48. The second-order valence-electron chi connectivity index (χ2n) is 6.10. The Morgan fingerprint density at radius 3 is 2.47 bits per heavy atom. The van der Waals surface area contributed by atoms with Gasteiger partial charge in [-0.1, -0.05) is 13.8 Å². The fraction of sp³-hybridized carbons (Fsp3) is 0.929. The van der Waals surface area contributed by atoms with E-state index in [0.717, 1.165) is 6.42 Å². The van der Waals surface area contributed by atoms with E-state index in [2.05, 4.69) is 17.1 Å². The van der Waals surface area contributed by atoms with Crippen molar-refractivity contribution in [3.63, 3.8) is 0 Å². The lowest BCUT2D eigenvalue weighted by Crippen LogP contribution is -2.59. The van der Waals surface area contributed by atoms with Crippen LogP contribution in [0.2, 0.25) is 0 Å². The number of piperidine rings is 1. The molecule has 0 spiro atoms. The maximum Gasteiger partial charge on any atom is 0.225 e. The number of rotatable bonds is 3. The number of hydrogen-bond donors (Lipinski definition) is 1. The lowest BCUT2D eigenvalue weighted by Gasteiger charge is -2.45. The highest BCUT2D eigenvalue weighted by molar-refractivity contribution is 5.79. The molecule has 1 heterocycles. The highest BCUT2D eigenvalue weighted by Crippen LogP contribution is 2.45. The number of carbonyl (C=O) groups excluding carboxylic acids is 1. The van der Waals surface area contributed by atoms with Crippen LogP contribution in [0.5, 0.6) is 0 Å². The van der Waals surface area contributed by atoms with Gasteiger partial charge in [0.25, 0.3) is 0 Å². The molecule has 3 nitrogen and oxygen atoms in total. The minimum Gasteiger partial charge on any atom is -0.335 e. The smallest absolute Gasteiger partial charge is 0.225 e. The lowest BCUT2D eigenvalue weighted by atomic mass is 9.88. The molecule has 1 N–H and O–H groups in total. The third-order valence-electron chi connectivity index (χ3n) is 4.58. The molecule has 0 bridgehead atoms. The van der Waals surface area contributed by atoms with Crippen molar-refractivity contribution in [3.05, 3.63) is 0 Å². The Morgan fingerprint density at radius 1 is 1.35 bits per heavy atom. The molecule has 98 valence electrons. The van der Waals surface area contributed by atoms with Gasteiger partial charge in [-0.05, 0) is 46.1 Å². The lowest BCUT2D eigenvalue weighted by molar-refractivity contribution is -0.142. The fourth-order valence-corrected chi connectivity index (χ4v) is 3.29. The van der Waals surface area contributed by atoms with Crippen LogP contribution in [0.1, 0.15) is 52.9 Å². The zero-order chi connectivity index (χ0) is 12.6. The van der Waals surface area contributed by atoms with E-state index in [9.17, 15) is 4.79 Å². The molecule has 1 amide bonds. The van der Waals surface area contributed by atoms with Gasteiger partial charge >= 0.3 is 0 Å². The van der Waals surface area contributed by atoms with Gasteiger partial charge in [-0.2, -0.15) is 0 Å². The first-order valence-electron chi connectivity index (χ1n) is 7.03. The Bertz CT molecular complexity index is 297. The third kappa shape index (κ3) is 2.22. The molecule has 1 saturated heterocycles. The molecule has 2 fully saturated rings. The van der Waals surface area contributed by atoms with Gasteiger partial charge in [0.2, 0.25) is 5.91 Å². The number of likely N-dealkylation sites (N-methyl/N-ethyl adjacent to an activating group) is 1. The number of carbonyl (C=O) groups is 1. The number of hydrogen-bond acceptors (Lipinski definition) is 2. The summed E-state index contributed by atoms with van der Waals surface area (Å²) in [6.45, 7) is 6.23. The third-order valence-corrected chi connectivity index (χ3v) is 4.58. The van der Waals surface area contributed by atoms with E-state index in [1.54, 1.807) is 0 Å². The van der Waals surface area contributed by atoms with Gasteiger partial charge in [-0.3, -0.25) is 4.79 Å². The summed E-state index contributed by atoms with van der Waals surface area (Å²) in [5.41, 5.74) is 0.235. The number of amides is 1. The van der Waals surface area contributed by atoms with Crippen LogP contribution in [0.15, 0.2) is 0 Å². The average Bonchev–Trinajstić information content (AvgIpc) is 3.08. The quantitative estimate of drug-likeness (QED) is 0.817. The molecular weight excluding hydrogens is 212 g/mol. The highest BCUT2D eigenvalue weighted by atomic mass is 16.2. The molecule has 0 aromatic heterocycles. The van der Waals surface area contributed by atoms with Crippen molar-refractivity contribution in [1.82, 2.24) is 10.2 Å². The minimum absolute atomic E-state index is 0.116. The predicted octanol–water partition coefficient (Wildman–Crippen LogP) is 2.16. The minimum atomic E-state index is 0.116. The predicted molar refractivity (Wildman–Crippen MR) is 69.8 cm³/mol. The van der Waals surface area contributed by atoms with Crippen LogP contribution in [-0.2, 0) is 4.79 Å².